The Kier molecular flexibility index (Phi) is 9.12. The molecule has 5 aromatic rings. The summed E-state index contributed by atoms with van der Waals surface area (Å²) in [4.78, 5) is 30.8. The molecular weight excluding hydrogens is 608 g/mol. The van der Waals surface area contributed by atoms with Crippen LogP contribution in [0.2, 0.25) is 0 Å². The van der Waals surface area contributed by atoms with Crippen LogP contribution in [0, 0.1) is 6.92 Å². The van der Waals surface area contributed by atoms with Gasteiger partial charge >= 0.3 is 0 Å². The fourth-order valence-corrected chi connectivity index (χ4v) is 6.33. The number of H-pyrrole nitrogens is 1. The Morgan fingerprint density at radius 3 is 2.46 bits per heavy atom. The number of piperazine rings is 1. The van der Waals surface area contributed by atoms with Crippen LogP contribution in [0.25, 0.3) is 11.0 Å². The Balaban J connectivity index is 1.05. The SMILES string of the molecule is Cc1c(S(N)(=O)=O)ncn1CCCCn1ccc2c(Nc3cn[nH]c3C(=O)Nc3ccc(CN4CCN(C)CC4)cc3)ncnc21. The molecular formula is C30H38N12O3S. The van der Waals surface area contributed by atoms with E-state index in [9.17, 15) is 13.2 Å². The molecule has 1 saturated heterocycles. The van der Waals surface area contributed by atoms with E-state index in [0.717, 1.165) is 56.6 Å². The summed E-state index contributed by atoms with van der Waals surface area (Å²) in [6.45, 7) is 8.14. The first kappa shape index (κ1) is 31.3. The molecule has 242 valence electrons. The number of carbonyl (C=O) groups excluding carboxylic acids is 1. The number of nitrogens with one attached hydrogen (secondary N) is 3. The number of nitrogens with zero attached hydrogens (tertiary/aromatic N) is 8. The number of primary sulfonamides is 1. The van der Waals surface area contributed by atoms with E-state index in [1.54, 1.807) is 17.7 Å². The van der Waals surface area contributed by atoms with E-state index in [1.165, 1.54) is 18.2 Å². The molecule has 5 N–H and O–H groups in total. The molecule has 15 nitrogen and oxygen atoms in total. The molecule has 0 atom stereocenters. The highest BCUT2D eigenvalue weighted by atomic mass is 32.2. The van der Waals surface area contributed by atoms with Crippen LogP contribution in [-0.2, 0) is 29.7 Å². The maximum Gasteiger partial charge on any atom is 0.275 e. The second-order valence-electron chi connectivity index (χ2n) is 11.6. The number of unbranched alkanes of at least 4 members (excludes halogenated alkanes) is 1. The van der Waals surface area contributed by atoms with Gasteiger partial charge in [0, 0.05) is 57.7 Å². The molecule has 0 spiro atoms. The van der Waals surface area contributed by atoms with Crippen molar-refractivity contribution in [3.05, 3.63) is 72.3 Å². The number of aromatic amines is 1. The molecule has 0 saturated carbocycles. The van der Waals surface area contributed by atoms with Crippen molar-refractivity contribution in [3.63, 3.8) is 0 Å². The number of amides is 1. The second-order valence-corrected chi connectivity index (χ2v) is 13.0. The summed E-state index contributed by atoms with van der Waals surface area (Å²) < 4.78 is 27.1. The maximum absolute atomic E-state index is 13.2. The summed E-state index contributed by atoms with van der Waals surface area (Å²) in [6.07, 6.45) is 8.10. The lowest BCUT2D eigenvalue weighted by molar-refractivity contribution is 0.102. The van der Waals surface area contributed by atoms with Gasteiger partial charge in [0.05, 0.1) is 29.3 Å². The van der Waals surface area contributed by atoms with E-state index in [2.05, 4.69) is 52.6 Å². The third-order valence-electron chi connectivity index (χ3n) is 8.26. The van der Waals surface area contributed by atoms with Crippen molar-refractivity contribution < 1.29 is 13.2 Å². The number of aromatic nitrogens is 7. The summed E-state index contributed by atoms with van der Waals surface area (Å²) in [6, 6.07) is 9.86. The van der Waals surface area contributed by atoms with Gasteiger partial charge in [0.2, 0.25) is 0 Å². The van der Waals surface area contributed by atoms with Crippen LogP contribution < -0.4 is 15.8 Å². The van der Waals surface area contributed by atoms with Crippen molar-refractivity contribution in [2.45, 2.75) is 44.4 Å². The third-order valence-corrected chi connectivity index (χ3v) is 9.20. The average molecular weight is 647 g/mol. The van der Waals surface area contributed by atoms with E-state index < -0.39 is 10.0 Å². The number of imidazole rings is 1. The molecule has 1 aliphatic rings. The molecule has 0 aliphatic carbocycles. The van der Waals surface area contributed by atoms with E-state index in [1.807, 2.05) is 41.1 Å². The van der Waals surface area contributed by atoms with Crippen molar-refractivity contribution >= 4 is 44.2 Å². The quantitative estimate of drug-likeness (QED) is 0.147. The molecule has 4 aromatic heterocycles. The maximum atomic E-state index is 13.2. The highest BCUT2D eigenvalue weighted by Crippen LogP contribution is 2.26. The van der Waals surface area contributed by atoms with Gasteiger partial charge in [0.1, 0.15) is 23.5 Å². The van der Waals surface area contributed by atoms with Gasteiger partial charge in [-0.05, 0) is 50.6 Å². The zero-order chi connectivity index (χ0) is 32.3. The average Bonchev–Trinajstić information content (AvgIpc) is 3.76. The van der Waals surface area contributed by atoms with Crippen LogP contribution in [0.3, 0.4) is 0 Å². The number of hydrogen-bond acceptors (Lipinski definition) is 10. The van der Waals surface area contributed by atoms with Gasteiger partial charge < -0.3 is 24.7 Å². The molecule has 0 radical (unpaired) electrons. The minimum absolute atomic E-state index is 0.0929. The molecule has 0 bridgehead atoms. The van der Waals surface area contributed by atoms with Crippen molar-refractivity contribution in [1.29, 1.82) is 0 Å². The topological polar surface area (TPSA) is 185 Å². The predicted molar refractivity (Wildman–Crippen MR) is 174 cm³/mol. The lowest BCUT2D eigenvalue weighted by atomic mass is 10.1. The summed E-state index contributed by atoms with van der Waals surface area (Å²) in [5.41, 5.74) is 3.96. The number of hydrogen-bond donors (Lipinski definition) is 4. The number of sulfonamides is 1. The normalized spacial score (nSPS) is 14.6. The molecule has 5 heterocycles. The number of fused-ring (bicyclic) bond motifs is 1. The van der Waals surface area contributed by atoms with Crippen molar-refractivity contribution in [3.8, 4) is 0 Å². The summed E-state index contributed by atoms with van der Waals surface area (Å²) >= 11 is 0. The molecule has 1 fully saturated rings. The Labute approximate surface area is 266 Å². The minimum atomic E-state index is -3.84. The van der Waals surface area contributed by atoms with Gasteiger partial charge in [-0.3, -0.25) is 14.8 Å². The van der Waals surface area contributed by atoms with Gasteiger partial charge in [0.25, 0.3) is 15.9 Å². The molecule has 46 heavy (non-hydrogen) atoms. The Bertz CT molecular complexity index is 1920. The molecule has 0 unspecified atom stereocenters. The van der Waals surface area contributed by atoms with Crippen molar-refractivity contribution in [1.82, 2.24) is 44.1 Å². The first-order chi connectivity index (χ1) is 22.2. The standard InChI is InChI=1S/C30H38N12O3S/c1-21-30(46(31,44)45)34-20-42(21)11-4-3-10-41-12-9-24-27(32-19-33-28(24)41)37-25-17-35-38-26(25)29(43)36-23-7-5-22(6-8-23)18-40-15-13-39(2)14-16-40/h5-9,12,17,19-20H,3-4,10-11,13-16,18H2,1-2H3,(H,35,38)(H,36,43)(H2,31,44,45)(H,32,33,37). The minimum Gasteiger partial charge on any atom is -0.336 e. The second kappa shape index (κ2) is 13.4. The number of carbonyl (C=O) groups is 1. The van der Waals surface area contributed by atoms with Gasteiger partial charge in [-0.2, -0.15) is 5.10 Å². The van der Waals surface area contributed by atoms with Crippen LogP contribution in [0.5, 0.6) is 0 Å². The highest BCUT2D eigenvalue weighted by molar-refractivity contribution is 7.89. The van der Waals surface area contributed by atoms with Crippen molar-refractivity contribution in [2.75, 3.05) is 43.9 Å². The Morgan fingerprint density at radius 1 is 1.00 bits per heavy atom. The Hall–Kier alpha value is -4.64. The monoisotopic (exact) mass is 646 g/mol. The number of anilines is 3. The van der Waals surface area contributed by atoms with Crippen molar-refractivity contribution in [2.24, 2.45) is 5.14 Å². The number of aryl methyl sites for hydroxylation is 2. The molecule has 1 aliphatic heterocycles. The van der Waals surface area contributed by atoms with E-state index in [0.29, 0.717) is 36.0 Å². The lowest BCUT2D eigenvalue weighted by Gasteiger charge is -2.32. The summed E-state index contributed by atoms with van der Waals surface area (Å²) in [7, 11) is -1.69. The number of rotatable bonds is 12. The lowest BCUT2D eigenvalue weighted by Crippen LogP contribution is -2.43. The van der Waals surface area contributed by atoms with Crippen LogP contribution in [0.4, 0.5) is 17.2 Å². The van der Waals surface area contributed by atoms with E-state index in [4.69, 9.17) is 5.14 Å². The number of nitrogens with two attached hydrogens (primary N) is 1. The van der Waals surface area contributed by atoms with Gasteiger partial charge in [-0.25, -0.2) is 28.5 Å². The molecule has 16 heteroatoms. The zero-order valence-electron chi connectivity index (χ0n) is 25.8. The first-order valence-corrected chi connectivity index (χ1v) is 16.7. The fourth-order valence-electron chi connectivity index (χ4n) is 5.61. The molecule has 6 rings (SSSR count). The number of benzene rings is 1. The summed E-state index contributed by atoms with van der Waals surface area (Å²) in [5.74, 6) is 0.232. The van der Waals surface area contributed by atoms with Crippen LogP contribution >= 0.6 is 0 Å². The van der Waals surface area contributed by atoms with E-state index in [-0.39, 0.29) is 16.6 Å². The first-order valence-electron chi connectivity index (χ1n) is 15.1. The van der Waals surface area contributed by atoms with Crippen LogP contribution in [0.1, 0.15) is 34.6 Å². The van der Waals surface area contributed by atoms with Gasteiger partial charge in [-0.1, -0.05) is 12.1 Å². The molecule has 1 aromatic carbocycles. The third kappa shape index (κ3) is 7.09. The fraction of sp³-hybridized carbons (Fsp3) is 0.367. The smallest absolute Gasteiger partial charge is 0.275 e. The molecule has 1 amide bonds. The van der Waals surface area contributed by atoms with Crippen LogP contribution in [0.15, 0.2) is 60.4 Å². The van der Waals surface area contributed by atoms with Gasteiger partial charge in [-0.15, -0.1) is 0 Å². The largest absolute Gasteiger partial charge is 0.336 e. The zero-order valence-corrected chi connectivity index (χ0v) is 26.7. The van der Waals surface area contributed by atoms with E-state index >= 15 is 0 Å². The highest BCUT2D eigenvalue weighted by Gasteiger charge is 2.19. The predicted octanol–water partition coefficient (Wildman–Crippen LogP) is 2.53. The van der Waals surface area contributed by atoms with Crippen LogP contribution in [-0.4, -0.2) is 91.6 Å². The summed E-state index contributed by atoms with van der Waals surface area (Å²) in [5, 5.41) is 19.0. The Morgan fingerprint density at radius 2 is 1.74 bits per heavy atom. The number of likely N-dealkylation sites (N-methyl/N-ethyl adjacent to an activating group) is 1. The van der Waals surface area contributed by atoms with Gasteiger partial charge in [0.15, 0.2) is 5.03 Å².